The van der Waals surface area contributed by atoms with Crippen LogP contribution < -0.4 is 0 Å². The molecule has 0 aromatic heterocycles. The summed E-state index contributed by atoms with van der Waals surface area (Å²) in [4.78, 5) is 1.33. The zero-order chi connectivity index (χ0) is 20.2. The minimum Gasteiger partial charge on any atom is -0.103 e. The van der Waals surface area contributed by atoms with Crippen molar-refractivity contribution in [3.05, 3.63) is 51.8 Å². The molecule has 0 radical (unpaired) electrons. The first kappa shape index (κ1) is 22.3. The van der Waals surface area contributed by atoms with Crippen LogP contribution >= 0.6 is 11.8 Å². The van der Waals surface area contributed by atoms with Gasteiger partial charge >= 0.3 is 0 Å². The van der Waals surface area contributed by atoms with Gasteiger partial charge in [0.25, 0.3) is 0 Å². The second-order valence-corrected chi connectivity index (χ2v) is 10.7. The van der Waals surface area contributed by atoms with Crippen molar-refractivity contribution < 1.29 is 0 Å². The summed E-state index contributed by atoms with van der Waals surface area (Å²) in [5.74, 6) is 0.650. The molecule has 0 nitrogen and oxygen atoms in total. The predicted octanol–water partition coefficient (Wildman–Crippen LogP) is 8.86. The van der Waals surface area contributed by atoms with Crippen molar-refractivity contribution >= 4 is 17.3 Å². The maximum atomic E-state index is 4.39. The molecule has 0 unspecified atom stereocenters. The molecule has 27 heavy (non-hydrogen) atoms. The fourth-order valence-electron chi connectivity index (χ4n) is 4.33. The Kier molecular flexibility index (Phi) is 7.47. The van der Waals surface area contributed by atoms with Crippen LogP contribution in [-0.4, -0.2) is 0 Å². The van der Waals surface area contributed by atoms with Crippen LogP contribution in [0.2, 0.25) is 0 Å². The van der Waals surface area contributed by atoms with Crippen LogP contribution in [0.4, 0.5) is 0 Å². The van der Waals surface area contributed by atoms with E-state index in [1.54, 1.807) is 11.1 Å². The SMILES string of the molecule is C=C(S/C=C(\C)c1ccc2c(c1)C(C)(C)CCC2(C)C)C(CCC)CCC. The molecule has 0 fully saturated rings. The highest BCUT2D eigenvalue weighted by Gasteiger charge is 2.36. The average Bonchev–Trinajstić information content (AvgIpc) is 2.63. The lowest BCUT2D eigenvalue weighted by atomic mass is 9.63. The first-order valence-electron chi connectivity index (χ1n) is 10.8. The zero-order valence-corrected chi connectivity index (χ0v) is 19.6. The minimum atomic E-state index is 0.269. The third-order valence-corrected chi connectivity index (χ3v) is 7.53. The lowest BCUT2D eigenvalue weighted by molar-refractivity contribution is 0.332. The van der Waals surface area contributed by atoms with Crippen molar-refractivity contribution in [1.29, 1.82) is 0 Å². The van der Waals surface area contributed by atoms with E-state index in [2.05, 4.69) is 78.7 Å². The van der Waals surface area contributed by atoms with Crippen molar-refractivity contribution in [1.82, 2.24) is 0 Å². The Morgan fingerprint density at radius 2 is 1.59 bits per heavy atom. The van der Waals surface area contributed by atoms with E-state index in [-0.39, 0.29) is 10.8 Å². The zero-order valence-electron chi connectivity index (χ0n) is 18.7. The Morgan fingerprint density at radius 3 is 2.15 bits per heavy atom. The van der Waals surface area contributed by atoms with Crippen LogP contribution in [0.5, 0.6) is 0 Å². The first-order valence-corrected chi connectivity index (χ1v) is 11.7. The molecule has 2 rings (SSSR count). The van der Waals surface area contributed by atoms with E-state index < -0.39 is 0 Å². The van der Waals surface area contributed by atoms with Crippen LogP contribution in [0.1, 0.15) is 104 Å². The smallest absolute Gasteiger partial charge is 0.0100 e. The summed E-state index contributed by atoms with van der Waals surface area (Å²) in [7, 11) is 0. The molecule has 0 N–H and O–H groups in total. The Balaban J connectivity index is 2.23. The second-order valence-electron chi connectivity index (χ2n) is 9.69. The van der Waals surface area contributed by atoms with Gasteiger partial charge in [-0.25, -0.2) is 0 Å². The van der Waals surface area contributed by atoms with Gasteiger partial charge in [-0.15, -0.1) is 11.8 Å². The predicted molar refractivity (Wildman–Crippen MR) is 125 cm³/mol. The molecule has 0 atom stereocenters. The number of hydrogen-bond acceptors (Lipinski definition) is 1. The van der Waals surface area contributed by atoms with E-state index >= 15 is 0 Å². The van der Waals surface area contributed by atoms with Gasteiger partial charge in [-0.1, -0.05) is 79.2 Å². The highest BCUT2D eigenvalue weighted by atomic mass is 32.2. The van der Waals surface area contributed by atoms with Crippen molar-refractivity contribution in [2.75, 3.05) is 0 Å². The molecule has 150 valence electrons. The number of rotatable bonds is 8. The Hall–Kier alpha value is -0.950. The van der Waals surface area contributed by atoms with E-state index in [4.69, 9.17) is 0 Å². The molecular weight excluding hydrogens is 344 g/mol. The lowest BCUT2D eigenvalue weighted by Crippen LogP contribution is -2.33. The molecule has 0 amide bonds. The van der Waals surface area contributed by atoms with Crippen LogP contribution in [0, 0.1) is 5.92 Å². The van der Waals surface area contributed by atoms with Gasteiger partial charge in [0.15, 0.2) is 0 Å². The molecule has 0 heterocycles. The summed E-state index contributed by atoms with van der Waals surface area (Å²) in [6.45, 7) is 20.8. The third-order valence-electron chi connectivity index (χ3n) is 6.42. The molecule has 1 aromatic carbocycles. The average molecular weight is 385 g/mol. The van der Waals surface area contributed by atoms with Crippen LogP contribution in [0.15, 0.2) is 35.1 Å². The van der Waals surface area contributed by atoms with Gasteiger partial charge in [0, 0.05) is 0 Å². The maximum absolute atomic E-state index is 4.39. The van der Waals surface area contributed by atoms with E-state index in [1.807, 2.05) is 11.8 Å². The summed E-state index contributed by atoms with van der Waals surface area (Å²) >= 11 is 1.85. The molecule has 0 saturated carbocycles. The summed E-state index contributed by atoms with van der Waals surface area (Å²) in [5, 5.41) is 2.32. The van der Waals surface area contributed by atoms with Crippen LogP contribution in [0.3, 0.4) is 0 Å². The first-order chi connectivity index (χ1) is 12.6. The van der Waals surface area contributed by atoms with Gasteiger partial charge in [-0.05, 0) is 81.9 Å². The minimum absolute atomic E-state index is 0.269. The number of fused-ring (bicyclic) bond motifs is 1. The Bertz CT molecular complexity index is 684. The molecule has 1 heteroatoms. The van der Waals surface area contributed by atoms with E-state index in [0.29, 0.717) is 5.92 Å². The largest absolute Gasteiger partial charge is 0.103 e. The monoisotopic (exact) mass is 384 g/mol. The lowest BCUT2D eigenvalue weighted by Gasteiger charge is -2.42. The summed E-state index contributed by atoms with van der Waals surface area (Å²) in [6, 6.07) is 7.17. The topological polar surface area (TPSA) is 0 Å². The van der Waals surface area contributed by atoms with Gasteiger partial charge in [-0.3, -0.25) is 0 Å². The Morgan fingerprint density at radius 1 is 1.04 bits per heavy atom. The summed E-state index contributed by atoms with van der Waals surface area (Å²) in [5.41, 5.74) is 6.36. The van der Waals surface area contributed by atoms with Gasteiger partial charge in [-0.2, -0.15) is 0 Å². The van der Waals surface area contributed by atoms with Crippen LogP contribution in [-0.2, 0) is 10.8 Å². The molecule has 0 aliphatic heterocycles. The molecule has 0 saturated heterocycles. The van der Waals surface area contributed by atoms with Gasteiger partial charge in [0.2, 0.25) is 0 Å². The molecule has 1 aromatic rings. The van der Waals surface area contributed by atoms with E-state index in [1.165, 1.54) is 54.6 Å². The molecule has 1 aliphatic carbocycles. The number of thioether (sulfide) groups is 1. The maximum Gasteiger partial charge on any atom is -0.0100 e. The van der Waals surface area contributed by atoms with Crippen molar-refractivity contribution in [3.63, 3.8) is 0 Å². The summed E-state index contributed by atoms with van der Waals surface area (Å²) < 4.78 is 0. The number of benzene rings is 1. The quantitative estimate of drug-likeness (QED) is 0.431. The third kappa shape index (κ3) is 5.31. The molecule has 0 spiro atoms. The Labute approximate surface area is 172 Å². The number of allylic oxidation sites excluding steroid dienone is 2. The van der Waals surface area contributed by atoms with Crippen LogP contribution in [0.25, 0.3) is 5.57 Å². The molecule has 1 aliphatic rings. The highest BCUT2D eigenvalue weighted by Crippen LogP contribution is 2.46. The molecular formula is C26H40S. The van der Waals surface area contributed by atoms with Gasteiger partial charge in [0.1, 0.15) is 0 Å². The van der Waals surface area contributed by atoms with Crippen molar-refractivity contribution in [3.8, 4) is 0 Å². The fourth-order valence-corrected chi connectivity index (χ4v) is 5.22. The molecule has 0 bridgehead atoms. The van der Waals surface area contributed by atoms with E-state index in [9.17, 15) is 0 Å². The van der Waals surface area contributed by atoms with Crippen molar-refractivity contribution in [2.24, 2.45) is 5.92 Å². The van der Waals surface area contributed by atoms with Gasteiger partial charge < -0.3 is 0 Å². The van der Waals surface area contributed by atoms with E-state index in [0.717, 1.165) is 0 Å². The van der Waals surface area contributed by atoms with Crippen molar-refractivity contribution in [2.45, 2.75) is 97.8 Å². The standard InChI is InChI=1S/C26H40S/c1-9-11-21(12-10-2)20(4)27-18-19(3)22-13-14-23-24(17-22)26(7,8)16-15-25(23,5)6/h13-14,17-18,21H,4,9-12,15-16H2,1-3,5-8H3/b19-18+. The number of hydrogen-bond donors (Lipinski definition) is 0. The van der Waals surface area contributed by atoms with Gasteiger partial charge in [0.05, 0.1) is 0 Å². The second kappa shape index (κ2) is 9.03. The fraction of sp³-hybridized carbons (Fsp3) is 0.615. The summed E-state index contributed by atoms with van der Waals surface area (Å²) in [6.07, 6.45) is 7.53. The normalized spacial score (nSPS) is 18.4. The highest BCUT2D eigenvalue weighted by molar-refractivity contribution is 8.06.